The zero-order valence-corrected chi connectivity index (χ0v) is 14.4. The number of ketones is 1. The van der Waals surface area contributed by atoms with Crippen LogP contribution in [0.5, 0.6) is 0 Å². The normalized spacial score (nSPS) is 37.0. The Morgan fingerprint density at radius 1 is 1.00 bits per heavy atom. The molecule has 0 aromatic rings. The van der Waals surface area contributed by atoms with Crippen molar-refractivity contribution < 1.29 is 9.53 Å². The van der Waals surface area contributed by atoms with Crippen molar-refractivity contribution in [3.63, 3.8) is 0 Å². The van der Waals surface area contributed by atoms with Gasteiger partial charge in [0.1, 0.15) is 5.60 Å². The molecule has 0 N–H and O–H groups in total. The lowest BCUT2D eigenvalue weighted by Gasteiger charge is -2.34. The van der Waals surface area contributed by atoms with E-state index in [0.29, 0.717) is 11.9 Å². The first-order valence-electron chi connectivity index (χ1n) is 9.87. The summed E-state index contributed by atoms with van der Waals surface area (Å²) in [7, 11) is 0. The predicted octanol–water partition coefficient (Wildman–Crippen LogP) is 5.43. The summed E-state index contributed by atoms with van der Waals surface area (Å²) in [5.41, 5.74) is -0.457. The topological polar surface area (TPSA) is 26.3 Å². The lowest BCUT2D eigenvalue weighted by atomic mass is 9.85. The van der Waals surface area contributed by atoms with E-state index in [1.807, 2.05) is 6.92 Å². The summed E-state index contributed by atoms with van der Waals surface area (Å²) in [5.74, 6) is 2.24. The predicted molar refractivity (Wildman–Crippen MR) is 89.9 cm³/mol. The van der Waals surface area contributed by atoms with E-state index in [1.165, 1.54) is 64.2 Å². The maximum Gasteiger partial charge on any atom is 0.164 e. The van der Waals surface area contributed by atoms with Gasteiger partial charge in [0.2, 0.25) is 0 Å². The van der Waals surface area contributed by atoms with Crippen LogP contribution in [0.4, 0.5) is 0 Å². The van der Waals surface area contributed by atoms with Crippen molar-refractivity contribution >= 4 is 5.78 Å². The summed E-state index contributed by atoms with van der Waals surface area (Å²) < 4.78 is 6.31. The Bertz CT molecular complexity index is 372. The van der Waals surface area contributed by atoms with Crippen LogP contribution in [0.1, 0.15) is 96.8 Å². The van der Waals surface area contributed by atoms with Crippen molar-refractivity contribution in [2.24, 2.45) is 11.8 Å². The molecule has 3 aliphatic carbocycles. The summed E-state index contributed by atoms with van der Waals surface area (Å²) in [6.45, 7) is 2.04. The summed E-state index contributed by atoms with van der Waals surface area (Å²) in [4.78, 5) is 12.2. The quantitative estimate of drug-likeness (QED) is 0.653. The highest BCUT2D eigenvalue weighted by molar-refractivity contribution is 5.87. The zero-order chi connectivity index (χ0) is 15.4. The van der Waals surface area contributed by atoms with Gasteiger partial charge in [-0.25, -0.2) is 0 Å². The van der Waals surface area contributed by atoms with E-state index in [0.717, 1.165) is 37.5 Å². The number of ether oxygens (including phenoxy) is 1. The fourth-order valence-electron chi connectivity index (χ4n) is 5.04. The van der Waals surface area contributed by atoms with Crippen LogP contribution >= 0.6 is 0 Å². The second-order valence-electron chi connectivity index (χ2n) is 8.36. The molecule has 3 unspecified atom stereocenters. The SMILES string of the molecule is CC1(OC2CCC(CCCC3CCCC3)C2)CCCCC1=O. The summed E-state index contributed by atoms with van der Waals surface area (Å²) in [5, 5.41) is 0. The van der Waals surface area contributed by atoms with E-state index in [4.69, 9.17) is 4.74 Å². The highest BCUT2D eigenvalue weighted by Crippen LogP contribution is 2.38. The molecule has 0 amide bonds. The Morgan fingerprint density at radius 2 is 1.77 bits per heavy atom. The molecule has 0 bridgehead atoms. The Kier molecular flexibility index (Phi) is 5.60. The average Bonchev–Trinajstić information content (AvgIpc) is 3.15. The van der Waals surface area contributed by atoms with Gasteiger partial charge in [0.05, 0.1) is 6.10 Å². The van der Waals surface area contributed by atoms with Gasteiger partial charge >= 0.3 is 0 Å². The first-order chi connectivity index (χ1) is 10.7. The molecule has 22 heavy (non-hydrogen) atoms. The average molecular weight is 306 g/mol. The Labute approximate surface area is 136 Å². The standard InChI is InChI=1S/C20H34O2/c1-20(14-5-4-11-19(20)21)22-18-13-12-17(15-18)10-6-9-16-7-2-3-8-16/h16-18H,2-15H2,1H3. The fraction of sp³-hybridized carbons (Fsp3) is 0.950. The molecular formula is C20H34O2. The van der Waals surface area contributed by atoms with Crippen molar-refractivity contribution in [2.45, 2.75) is 109 Å². The largest absolute Gasteiger partial charge is 0.364 e. The molecule has 0 heterocycles. The van der Waals surface area contributed by atoms with Gasteiger partial charge in [0.25, 0.3) is 0 Å². The number of hydrogen-bond acceptors (Lipinski definition) is 2. The van der Waals surface area contributed by atoms with Crippen LogP contribution in [0.3, 0.4) is 0 Å². The smallest absolute Gasteiger partial charge is 0.164 e. The lowest BCUT2D eigenvalue weighted by Crippen LogP contribution is -2.43. The van der Waals surface area contributed by atoms with Crippen molar-refractivity contribution in [3.8, 4) is 0 Å². The third kappa shape index (κ3) is 4.13. The van der Waals surface area contributed by atoms with Gasteiger partial charge in [-0.3, -0.25) is 4.79 Å². The van der Waals surface area contributed by atoms with Gasteiger partial charge in [0.15, 0.2) is 5.78 Å². The molecule has 2 heteroatoms. The second-order valence-corrected chi connectivity index (χ2v) is 8.36. The van der Waals surface area contributed by atoms with Gasteiger partial charge in [-0.2, -0.15) is 0 Å². The molecule has 3 aliphatic rings. The van der Waals surface area contributed by atoms with Gasteiger partial charge in [-0.1, -0.05) is 44.9 Å². The minimum atomic E-state index is -0.457. The molecular weight excluding hydrogens is 272 g/mol. The molecule has 2 nitrogen and oxygen atoms in total. The van der Waals surface area contributed by atoms with Gasteiger partial charge in [-0.15, -0.1) is 0 Å². The molecule has 0 radical (unpaired) electrons. The summed E-state index contributed by atoms with van der Waals surface area (Å²) >= 11 is 0. The van der Waals surface area contributed by atoms with Crippen LogP contribution in [-0.4, -0.2) is 17.5 Å². The van der Waals surface area contributed by atoms with Gasteiger partial charge < -0.3 is 4.74 Å². The Balaban J connectivity index is 1.37. The molecule has 3 atom stereocenters. The van der Waals surface area contributed by atoms with Crippen molar-refractivity contribution in [1.29, 1.82) is 0 Å². The maximum absolute atomic E-state index is 12.2. The molecule has 0 aromatic carbocycles. The number of carbonyl (C=O) groups is 1. The van der Waals surface area contributed by atoms with Gasteiger partial charge in [0, 0.05) is 6.42 Å². The maximum atomic E-state index is 12.2. The zero-order valence-electron chi connectivity index (χ0n) is 14.4. The molecule has 3 saturated carbocycles. The van der Waals surface area contributed by atoms with Gasteiger partial charge in [-0.05, 0) is 57.3 Å². The molecule has 0 aliphatic heterocycles. The van der Waals surface area contributed by atoms with Crippen LogP contribution in [0, 0.1) is 11.8 Å². The van der Waals surface area contributed by atoms with E-state index >= 15 is 0 Å². The molecule has 0 spiro atoms. The third-order valence-corrected chi connectivity index (χ3v) is 6.52. The van der Waals surface area contributed by atoms with Crippen LogP contribution in [0.15, 0.2) is 0 Å². The highest BCUT2D eigenvalue weighted by atomic mass is 16.5. The van der Waals surface area contributed by atoms with E-state index < -0.39 is 5.60 Å². The van der Waals surface area contributed by atoms with E-state index in [9.17, 15) is 4.79 Å². The molecule has 3 rings (SSSR count). The Hall–Kier alpha value is -0.370. The lowest BCUT2D eigenvalue weighted by molar-refractivity contribution is -0.155. The van der Waals surface area contributed by atoms with Crippen LogP contribution in [0.2, 0.25) is 0 Å². The number of carbonyl (C=O) groups excluding carboxylic acids is 1. The van der Waals surface area contributed by atoms with Crippen molar-refractivity contribution in [1.82, 2.24) is 0 Å². The fourth-order valence-corrected chi connectivity index (χ4v) is 5.04. The number of rotatable bonds is 6. The summed E-state index contributed by atoms with van der Waals surface area (Å²) in [6, 6.07) is 0. The highest BCUT2D eigenvalue weighted by Gasteiger charge is 2.39. The first-order valence-corrected chi connectivity index (χ1v) is 9.87. The third-order valence-electron chi connectivity index (χ3n) is 6.52. The minimum absolute atomic E-state index is 0.350. The number of hydrogen-bond donors (Lipinski definition) is 0. The van der Waals surface area contributed by atoms with Crippen molar-refractivity contribution in [3.05, 3.63) is 0 Å². The van der Waals surface area contributed by atoms with Crippen LogP contribution in [-0.2, 0) is 9.53 Å². The second kappa shape index (κ2) is 7.47. The molecule has 0 saturated heterocycles. The molecule has 3 fully saturated rings. The van der Waals surface area contributed by atoms with E-state index in [-0.39, 0.29) is 0 Å². The van der Waals surface area contributed by atoms with E-state index in [1.54, 1.807) is 0 Å². The van der Waals surface area contributed by atoms with Crippen LogP contribution in [0.25, 0.3) is 0 Å². The van der Waals surface area contributed by atoms with E-state index in [2.05, 4.69) is 0 Å². The first kappa shape index (κ1) is 16.5. The number of Topliss-reactive ketones (excluding diaryl/α,β-unsaturated/α-hetero) is 1. The molecule has 0 aromatic heterocycles. The van der Waals surface area contributed by atoms with Crippen LogP contribution < -0.4 is 0 Å². The molecule has 126 valence electrons. The monoisotopic (exact) mass is 306 g/mol. The van der Waals surface area contributed by atoms with Crippen molar-refractivity contribution in [2.75, 3.05) is 0 Å². The summed E-state index contributed by atoms with van der Waals surface area (Å²) in [6.07, 6.45) is 18.1. The Morgan fingerprint density at radius 3 is 2.55 bits per heavy atom. The minimum Gasteiger partial charge on any atom is -0.364 e.